The van der Waals surface area contributed by atoms with Gasteiger partial charge >= 0.3 is 0 Å². The van der Waals surface area contributed by atoms with Crippen molar-refractivity contribution in [1.82, 2.24) is 10.2 Å². The summed E-state index contributed by atoms with van der Waals surface area (Å²) in [6.07, 6.45) is 1.83. The zero-order valence-electron chi connectivity index (χ0n) is 24.4. The summed E-state index contributed by atoms with van der Waals surface area (Å²) >= 11 is 5.99. The first kappa shape index (κ1) is 32.2. The number of amides is 2. The van der Waals surface area contributed by atoms with Gasteiger partial charge in [0, 0.05) is 36.5 Å². The monoisotopic (exact) mass is 597 g/mol. The molecule has 1 atom stereocenters. The average Bonchev–Trinajstić information content (AvgIpc) is 2.89. The molecule has 3 aromatic rings. The van der Waals surface area contributed by atoms with Crippen LogP contribution in [0.25, 0.3) is 0 Å². The van der Waals surface area contributed by atoms with Crippen LogP contribution in [0.5, 0.6) is 0 Å². The van der Waals surface area contributed by atoms with Gasteiger partial charge in [-0.3, -0.25) is 13.9 Å². The van der Waals surface area contributed by atoms with Crippen LogP contribution in [-0.4, -0.2) is 49.5 Å². The number of carbonyl (C=O) groups excluding carboxylic acids is 2. The molecule has 0 radical (unpaired) electrons. The number of benzene rings is 3. The maximum atomic E-state index is 13.9. The van der Waals surface area contributed by atoms with E-state index >= 15 is 0 Å². The maximum Gasteiger partial charge on any atom is 0.243 e. The second kappa shape index (κ2) is 14.0. The number of halogens is 1. The Labute approximate surface area is 249 Å². The van der Waals surface area contributed by atoms with Crippen molar-refractivity contribution in [3.63, 3.8) is 0 Å². The summed E-state index contributed by atoms with van der Waals surface area (Å²) in [7, 11) is -3.59. The number of nitrogens with one attached hydrogen (secondary N) is 1. The molecule has 3 rings (SSSR count). The molecule has 0 fully saturated rings. The van der Waals surface area contributed by atoms with E-state index in [0.29, 0.717) is 17.1 Å². The summed E-state index contributed by atoms with van der Waals surface area (Å²) in [6, 6.07) is 23.3. The standard InChI is InChI=1S/C32H40ClN3O4S/c1-24-13-15-26(16-14-24)23-35(29(31(38)34-32(2,3)4)22-25-10-7-6-8-11-25)30(37)12-9-21-36(41(5,39)40)28-19-17-27(33)18-20-28/h6-8,10-11,13-20,29H,9,12,21-23H2,1-5H3,(H,34,38)/t29-/m0/s1. The molecule has 1 N–H and O–H groups in total. The van der Waals surface area contributed by atoms with Crippen LogP contribution in [0.3, 0.4) is 0 Å². The molecule has 2 amide bonds. The molecule has 0 aliphatic carbocycles. The molecular formula is C32H40ClN3O4S. The van der Waals surface area contributed by atoms with Gasteiger partial charge in [-0.05, 0) is 69.5 Å². The Balaban J connectivity index is 1.89. The van der Waals surface area contributed by atoms with Crippen LogP contribution in [0.15, 0.2) is 78.9 Å². The normalized spacial score (nSPS) is 12.4. The Bertz CT molecular complexity index is 1400. The number of hydrogen-bond acceptors (Lipinski definition) is 4. The Hall–Kier alpha value is -3.36. The van der Waals surface area contributed by atoms with Crippen molar-refractivity contribution < 1.29 is 18.0 Å². The molecule has 0 saturated heterocycles. The van der Waals surface area contributed by atoms with E-state index in [1.807, 2.05) is 82.3 Å². The lowest BCUT2D eigenvalue weighted by molar-refractivity contribution is -0.142. The number of aryl methyl sites for hydroxylation is 1. The largest absolute Gasteiger partial charge is 0.350 e. The Morgan fingerprint density at radius 1 is 0.902 bits per heavy atom. The fraction of sp³-hybridized carbons (Fsp3) is 0.375. The van der Waals surface area contributed by atoms with Crippen LogP contribution in [0.4, 0.5) is 5.69 Å². The van der Waals surface area contributed by atoms with Crippen LogP contribution >= 0.6 is 11.6 Å². The number of sulfonamides is 1. The lowest BCUT2D eigenvalue weighted by Gasteiger charge is -2.34. The third kappa shape index (κ3) is 10.2. The van der Waals surface area contributed by atoms with E-state index in [2.05, 4.69) is 5.32 Å². The first-order chi connectivity index (χ1) is 19.2. The number of anilines is 1. The molecule has 3 aromatic carbocycles. The van der Waals surface area contributed by atoms with Crippen molar-refractivity contribution in [3.8, 4) is 0 Å². The van der Waals surface area contributed by atoms with Crippen molar-refractivity contribution in [2.75, 3.05) is 17.1 Å². The van der Waals surface area contributed by atoms with E-state index < -0.39 is 21.6 Å². The third-order valence-corrected chi connectivity index (χ3v) is 7.96. The van der Waals surface area contributed by atoms with E-state index in [1.54, 1.807) is 29.2 Å². The Morgan fingerprint density at radius 3 is 2.07 bits per heavy atom. The highest BCUT2D eigenvalue weighted by Crippen LogP contribution is 2.22. The van der Waals surface area contributed by atoms with E-state index in [0.717, 1.165) is 22.9 Å². The van der Waals surface area contributed by atoms with Gasteiger partial charge in [-0.25, -0.2) is 8.42 Å². The molecule has 0 spiro atoms. The van der Waals surface area contributed by atoms with Crippen LogP contribution in [0.1, 0.15) is 50.3 Å². The summed E-state index contributed by atoms with van der Waals surface area (Å²) < 4.78 is 26.4. The third-order valence-electron chi connectivity index (χ3n) is 6.51. The van der Waals surface area contributed by atoms with Crippen molar-refractivity contribution in [3.05, 3.63) is 101 Å². The fourth-order valence-electron chi connectivity index (χ4n) is 4.51. The highest BCUT2D eigenvalue weighted by Gasteiger charge is 2.32. The van der Waals surface area contributed by atoms with Gasteiger partial charge in [-0.1, -0.05) is 71.8 Å². The molecular weight excluding hydrogens is 558 g/mol. The predicted octanol–water partition coefficient (Wildman–Crippen LogP) is 5.75. The number of hydrogen-bond donors (Lipinski definition) is 1. The molecule has 9 heteroatoms. The van der Waals surface area contributed by atoms with Crippen molar-refractivity contribution in [2.24, 2.45) is 0 Å². The van der Waals surface area contributed by atoms with Gasteiger partial charge in [0.25, 0.3) is 0 Å². The molecule has 0 saturated carbocycles. The molecule has 0 unspecified atom stereocenters. The van der Waals surface area contributed by atoms with Crippen LogP contribution < -0.4 is 9.62 Å². The predicted molar refractivity (Wildman–Crippen MR) is 166 cm³/mol. The summed E-state index contributed by atoms with van der Waals surface area (Å²) in [6.45, 7) is 8.09. The van der Waals surface area contributed by atoms with E-state index in [4.69, 9.17) is 11.6 Å². The molecule has 0 heterocycles. The molecule has 220 valence electrons. The van der Waals surface area contributed by atoms with Gasteiger partial charge in [0.15, 0.2) is 0 Å². The van der Waals surface area contributed by atoms with E-state index in [-0.39, 0.29) is 37.7 Å². The topological polar surface area (TPSA) is 86.8 Å². The summed E-state index contributed by atoms with van der Waals surface area (Å²) in [5.74, 6) is -0.458. The van der Waals surface area contributed by atoms with Crippen molar-refractivity contribution >= 4 is 39.1 Å². The summed E-state index contributed by atoms with van der Waals surface area (Å²) in [4.78, 5) is 29.2. The lowest BCUT2D eigenvalue weighted by Crippen LogP contribution is -2.54. The molecule has 0 bridgehead atoms. The Kier molecular flexibility index (Phi) is 11.0. The Morgan fingerprint density at radius 2 is 1.51 bits per heavy atom. The smallest absolute Gasteiger partial charge is 0.243 e. The van der Waals surface area contributed by atoms with Gasteiger partial charge < -0.3 is 10.2 Å². The van der Waals surface area contributed by atoms with Gasteiger partial charge in [0.05, 0.1) is 11.9 Å². The van der Waals surface area contributed by atoms with E-state index in [9.17, 15) is 18.0 Å². The second-order valence-electron chi connectivity index (χ2n) is 11.4. The highest BCUT2D eigenvalue weighted by atomic mass is 35.5. The average molecular weight is 598 g/mol. The van der Waals surface area contributed by atoms with Gasteiger partial charge in [-0.15, -0.1) is 0 Å². The van der Waals surface area contributed by atoms with Crippen LogP contribution in [0, 0.1) is 6.92 Å². The molecule has 7 nitrogen and oxygen atoms in total. The van der Waals surface area contributed by atoms with Crippen LogP contribution in [-0.2, 0) is 32.6 Å². The van der Waals surface area contributed by atoms with Gasteiger partial charge in [0.1, 0.15) is 6.04 Å². The second-order valence-corrected chi connectivity index (χ2v) is 13.7. The molecule has 0 aromatic heterocycles. The highest BCUT2D eigenvalue weighted by molar-refractivity contribution is 7.92. The first-order valence-corrected chi connectivity index (χ1v) is 15.9. The minimum atomic E-state index is -3.59. The SMILES string of the molecule is Cc1ccc(CN(C(=O)CCCN(c2ccc(Cl)cc2)S(C)(=O)=O)[C@@H](Cc2ccccc2)C(=O)NC(C)(C)C)cc1. The van der Waals surface area contributed by atoms with Crippen LogP contribution in [0.2, 0.25) is 5.02 Å². The number of nitrogens with zero attached hydrogens (tertiary/aromatic N) is 2. The first-order valence-electron chi connectivity index (χ1n) is 13.7. The van der Waals surface area contributed by atoms with Crippen molar-refractivity contribution in [1.29, 1.82) is 0 Å². The van der Waals surface area contributed by atoms with Gasteiger partial charge in [0.2, 0.25) is 21.8 Å². The summed E-state index contributed by atoms with van der Waals surface area (Å²) in [5.41, 5.74) is 2.94. The number of carbonyl (C=O) groups is 2. The van der Waals surface area contributed by atoms with Crippen molar-refractivity contribution in [2.45, 2.75) is 65.1 Å². The lowest BCUT2D eigenvalue weighted by atomic mass is 10.00. The maximum absolute atomic E-state index is 13.9. The number of rotatable bonds is 12. The van der Waals surface area contributed by atoms with Gasteiger partial charge in [-0.2, -0.15) is 0 Å². The zero-order valence-corrected chi connectivity index (χ0v) is 26.0. The fourth-order valence-corrected chi connectivity index (χ4v) is 5.60. The minimum absolute atomic E-state index is 0.0690. The molecule has 0 aliphatic heterocycles. The summed E-state index contributed by atoms with van der Waals surface area (Å²) in [5, 5.41) is 3.56. The molecule has 41 heavy (non-hydrogen) atoms. The minimum Gasteiger partial charge on any atom is -0.350 e. The quantitative estimate of drug-likeness (QED) is 0.288. The zero-order chi connectivity index (χ0) is 30.2. The molecule has 0 aliphatic rings. The van der Waals surface area contributed by atoms with E-state index in [1.165, 1.54) is 4.31 Å².